The van der Waals surface area contributed by atoms with Gasteiger partial charge in [0.2, 0.25) is 5.91 Å². The van der Waals surface area contributed by atoms with Gasteiger partial charge in [-0.2, -0.15) is 0 Å². The average Bonchev–Trinajstić information content (AvgIpc) is 2.46. The summed E-state index contributed by atoms with van der Waals surface area (Å²) in [6, 6.07) is 7.81. The van der Waals surface area contributed by atoms with Crippen LogP contribution in [0.15, 0.2) is 24.3 Å². The molecule has 0 spiro atoms. The highest BCUT2D eigenvalue weighted by Crippen LogP contribution is 2.20. The Morgan fingerprint density at radius 1 is 1.26 bits per heavy atom. The predicted octanol–water partition coefficient (Wildman–Crippen LogP) is 0.347. The van der Waals surface area contributed by atoms with E-state index in [9.17, 15) is 9.90 Å². The summed E-state index contributed by atoms with van der Waals surface area (Å²) in [5, 5.41) is 9.64. The number of carbonyl (C=O) groups excluding carboxylic acids is 1. The van der Waals surface area contributed by atoms with Crippen molar-refractivity contribution in [2.75, 3.05) is 37.6 Å². The molecule has 1 aromatic rings. The van der Waals surface area contributed by atoms with Crippen LogP contribution in [0, 0.1) is 0 Å². The van der Waals surface area contributed by atoms with E-state index >= 15 is 0 Å². The Kier molecular flexibility index (Phi) is 4.39. The van der Waals surface area contributed by atoms with Crippen LogP contribution in [0.1, 0.15) is 18.6 Å². The minimum absolute atomic E-state index is 0.140. The first-order chi connectivity index (χ1) is 9.11. The Morgan fingerprint density at radius 3 is 2.32 bits per heavy atom. The molecule has 1 aromatic carbocycles. The van der Waals surface area contributed by atoms with Crippen LogP contribution >= 0.6 is 0 Å². The number of hydrogen-bond donors (Lipinski definition) is 2. The van der Waals surface area contributed by atoms with Gasteiger partial charge in [0.1, 0.15) is 0 Å². The van der Waals surface area contributed by atoms with Crippen LogP contribution in [-0.4, -0.2) is 48.6 Å². The van der Waals surface area contributed by atoms with Gasteiger partial charge in [0.15, 0.2) is 0 Å². The maximum Gasteiger partial charge on any atom is 0.219 e. The van der Waals surface area contributed by atoms with Gasteiger partial charge >= 0.3 is 0 Å². The van der Waals surface area contributed by atoms with E-state index in [0.29, 0.717) is 0 Å². The molecule has 0 aromatic heterocycles. The molecule has 0 saturated carbocycles. The third-order valence-electron chi connectivity index (χ3n) is 3.59. The molecular formula is C14H21N3O2. The topological polar surface area (TPSA) is 69.8 Å². The Morgan fingerprint density at radius 2 is 1.84 bits per heavy atom. The summed E-state index contributed by atoms with van der Waals surface area (Å²) in [7, 11) is 0. The summed E-state index contributed by atoms with van der Waals surface area (Å²) in [6.45, 7) is 5.07. The van der Waals surface area contributed by atoms with Gasteiger partial charge in [0.25, 0.3) is 0 Å². The first-order valence-corrected chi connectivity index (χ1v) is 6.60. The van der Waals surface area contributed by atoms with E-state index in [1.165, 1.54) is 0 Å². The average molecular weight is 263 g/mol. The van der Waals surface area contributed by atoms with Gasteiger partial charge in [-0.15, -0.1) is 0 Å². The smallest absolute Gasteiger partial charge is 0.219 e. The quantitative estimate of drug-likeness (QED) is 0.825. The number of aliphatic hydroxyl groups is 1. The van der Waals surface area contributed by atoms with Gasteiger partial charge in [-0.1, -0.05) is 12.1 Å². The Hall–Kier alpha value is -1.59. The van der Waals surface area contributed by atoms with Gasteiger partial charge in [0, 0.05) is 45.3 Å². The van der Waals surface area contributed by atoms with Gasteiger partial charge in [0.05, 0.1) is 6.10 Å². The molecule has 3 N–H and O–H groups in total. The van der Waals surface area contributed by atoms with Crippen LogP contribution < -0.4 is 10.6 Å². The summed E-state index contributed by atoms with van der Waals surface area (Å²) >= 11 is 0. The number of piperazine rings is 1. The van der Waals surface area contributed by atoms with E-state index in [4.69, 9.17) is 5.73 Å². The van der Waals surface area contributed by atoms with Crippen molar-refractivity contribution in [2.45, 2.75) is 13.0 Å². The number of anilines is 1. The third-order valence-corrected chi connectivity index (χ3v) is 3.59. The molecule has 1 atom stereocenters. The highest BCUT2D eigenvalue weighted by Gasteiger charge is 2.18. The Labute approximate surface area is 113 Å². The number of benzene rings is 1. The summed E-state index contributed by atoms with van der Waals surface area (Å²) in [5.74, 6) is 0.140. The van der Waals surface area contributed by atoms with Gasteiger partial charge in [-0.25, -0.2) is 0 Å². The molecule has 1 amide bonds. The molecule has 2 rings (SSSR count). The Balaban J connectivity index is 1.98. The largest absolute Gasteiger partial charge is 0.387 e. The zero-order chi connectivity index (χ0) is 13.8. The summed E-state index contributed by atoms with van der Waals surface area (Å²) in [5.41, 5.74) is 7.39. The lowest BCUT2D eigenvalue weighted by Gasteiger charge is -2.35. The molecule has 104 valence electrons. The molecule has 1 fully saturated rings. The molecule has 5 heteroatoms. The second-order valence-corrected chi connectivity index (χ2v) is 4.84. The van der Waals surface area contributed by atoms with Crippen molar-refractivity contribution >= 4 is 11.6 Å². The summed E-state index contributed by atoms with van der Waals surface area (Å²) in [4.78, 5) is 15.4. The minimum atomic E-state index is -0.594. The highest BCUT2D eigenvalue weighted by molar-refractivity contribution is 5.73. The number of carbonyl (C=O) groups is 1. The van der Waals surface area contributed by atoms with E-state index in [0.717, 1.165) is 37.4 Å². The standard InChI is InChI=1S/C14H21N3O2/c1-11(18)16-6-8-17(9-7-16)13-4-2-12(3-5-13)14(19)10-15/h2-5,14,19H,6-10,15H2,1H3. The van der Waals surface area contributed by atoms with Crippen LogP contribution in [-0.2, 0) is 4.79 Å². The van der Waals surface area contributed by atoms with Crippen molar-refractivity contribution in [3.8, 4) is 0 Å². The van der Waals surface area contributed by atoms with Crippen molar-refractivity contribution in [2.24, 2.45) is 5.73 Å². The lowest BCUT2D eigenvalue weighted by atomic mass is 10.1. The molecule has 0 bridgehead atoms. The SMILES string of the molecule is CC(=O)N1CCN(c2ccc(C(O)CN)cc2)CC1. The number of nitrogens with two attached hydrogens (primary N) is 1. The monoisotopic (exact) mass is 263 g/mol. The molecule has 1 aliphatic heterocycles. The van der Waals surface area contributed by atoms with Crippen molar-refractivity contribution in [1.29, 1.82) is 0 Å². The van der Waals surface area contributed by atoms with Crippen molar-refractivity contribution in [1.82, 2.24) is 4.90 Å². The number of hydrogen-bond acceptors (Lipinski definition) is 4. The fraction of sp³-hybridized carbons (Fsp3) is 0.500. The summed E-state index contributed by atoms with van der Waals surface area (Å²) < 4.78 is 0. The maximum absolute atomic E-state index is 11.3. The molecular weight excluding hydrogens is 242 g/mol. The molecule has 0 aliphatic carbocycles. The number of nitrogens with zero attached hydrogens (tertiary/aromatic N) is 2. The van der Waals surface area contributed by atoms with Crippen LogP contribution in [0.25, 0.3) is 0 Å². The fourth-order valence-corrected chi connectivity index (χ4v) is 2.32. The zero-order valence-corrected chi connectivity index (χ0v) is 11.2. The molecule has 19 heavy (non-hydrogen) atoms. The molecule has 1 heterocycles. The maximum atomic E-state index is 11.3. The van der Waals surface area contributed by atoms with Crippen molar-refractivity contribution in [3.63, 3.8) is 0 Å². The number of amides is 1. The molecule has 1 aliphatic rings. The zero-order valence-electron chi connectivity index (χ0n) is 11.2. The second-order valence-electron chi connectivity index (χ2n) is 4.84. The predicted molar refractivity (Wildman–Crippen MR) is 74.9 cm³/mol. The normalized spacial score (nSPS) is 17.4. The Bertz CT molecular complexity index is 425. The van der Waals surface area contributed by atoms with Crippen LogP contribution in [0.3, 0.4) is 0 Å². The van der Waals surface area contributed by atoms with E-state index in [1.54, 1.807) is 6.92 Å². The number of rotatable bonds is 3. The van der Waals surface area contributed by atoms with Crippen molar-refractivity contribution < 1.29 is 9.90 Å². The lowest BCUT2D eigenvalue weighted by Crippen LogP contribution is -2.48. The molecule has 5 nitrogen and oxygen atoms in total. The lowest BCUT2D eigenvalue weighted by molar-refractivity contribution is -0.129. The van der Waals surface area contributed by atoms with E-state index < -0.39 is 6.10 Å². The third kappa shape index (κ3) is 3.24. The van der Waals surface area contributed by atoms with Crippen LogP contribution in [0.2, 0.25) is 0 Å². The van der Waals surface area contributed by atoms with E-state index in [1.807, 2.05) is 29.2 Å². The minimum Gasteiger partial charge on any atom is -0.387 e. The van der Waals surface area contributed by atoms with E-state index in [2.05, 4.69) is 4.90 Å². The van der Waals surface area contributed by atoms with Gasteiger partial charge < -0.3 is 20.6 Å². The van der Waals surface area contributed by atoms with Gasteiger partial charge in [-0.05, 0) is 17.7 Å². The van der Waals surface area contributed by atoms with Crippen molar-refractivity contribution in [3.05, 3.63) is 29.8 Å². The first kappa shape index (κ1) is 13.8. The van der Waals surface area contributed by atoms with E-state index in [-0.39, 0.29) is 12.5 Å². The molecule has 0 radical (unpaired) electrons. The fourth-order valence-electron chi connectivity index (χ4n) is 2.32. The summed E-state index contributed by atoms with van der Waals surface area (Å²) in [6.07, 6.45) is -0.594. The molecule has 1 unspecified atom stereocenters. The number of aliphatic hydroxyl groups excluding tert-OH is 1. The van der Waals surface area contributed by atoms with Gasteiger partial charge in [-0.3, -0.25) is 4.79 Å². The molecule has 1 saturated heterocycles. The van der Waals surface area contributed by atoms with Crippen LogP contribution in [0.4, 0.5) is 5.69 Å². The highest BCUT2D eigenvalue weighted by atomic mass is 16.3. The van der Waals surface area contributed by atoms with Crippen LogP contribution in [0.5, 0.6) is 0 Å². The second kappa shape index (κ2) is 6.04. The first-order valence-electron chi connectivity index (χ1n) is 6.60.